The molecule has 2 N–H and O–H groups in total. The lowest BCUT2D eigenvalue weighted by atomic mass is 9.59. The summed E-state index contributed by atoms with van der Waals surface area (Å²) in [6.45, 7) is 1.66. The maximum Gasteiger partial charge on any atom is 0.0343 e. The molecule has 0 amide bonds. The molecule has 2 atom stereocenters. The Morgan fingerprint density at radius 2 is 0.844 bits per heavy atom. The smallest absolute Gasteiger partial charge is 0.0343 e. The molecule has 3 aliphatic rings. The van der Waals surface area contributed by atoms with Crippen molar-refractivity contribution in [2.45, 2.75) is 37.0 Å². The summed E-state index contributed by atoms with van der Waals surface area (Å²) in [6, 6.07) is 27.0. The average molecular weight is 419 g/mol. The quantitative estimate of drug-likeness (QED) is 0.488. The van der Waals surface area contributed by atoms with Crippen molar-refractivity contribution in [1.82, 2.24) is 20.6 Å². The first-order valence-electron chi connectivity index (χ1n) is 11.3. The van der Waals surface area contributed by atoms with Crippen LogP contribution in [-0.2, 0) is 13.1 Å². The standard InChI is InChI=1S/C28H26N4/c1-2-6-22-21(5-1)25-23-7-3-4-8-24(23)26(22)28(32-18-20-11-15-30-16-12-20)27(25)31-17-19-9-13-29-14-10-19/h1-16,25-28,31-32H,17-18H2/t25?,26?,27-,28-/m1/s1. The van der Waals surface area contributed by atoms with Gasteiger partial charge < -0.3 is 10.6 Å². The number of rotatable bonds is 6. The zero-order valence-corrected chi connectivity index (χ0v) is 17.9. The van der Waals surface area contributed by atoms with Gasteiger partial charge in [0.15, 0.2) is 0 Å². The van der Waals surface area contributed by atoms with Gasteiger partial charge in [0.2, 0.25) is 0 Å². The fraction of sp³-hybridized carbons (Fsp3) is 0.214. The van der Waals surface area contributed by atoms with Crippen LogP contribution in [0, 0.1) is 0 Å². The van der Waals surface area contributed by atoms with E-state index in [1.54, 1.807) is 0 Å². The molecule has 4 aromatic rings. The fourth-order valence-corrected chi connectivity index (χ4v) is 5.64. The third kappa shape index (κ3) is 3.32. The molecule has 0 saturated heterocycles. The molecule has 32 heavy (non-hydrogen) atoms. The fourth-order valence-electron chi connectivity index (χ4n) is 5.64. The number of hydrogen-bond acceptors (Lipinski definition) is 4. The van der Waals surface area contributed by atoms with Crippen molar-refractivity contribution < 1.29 is 0 Å². The highest BCUT2D eigenvalue weighted by Crippen LogP contribution is 2.52. The van der Waals surface area contributed by atoms with Gasteiger partial charge in [-0.25, -0.2) is 0 Å². The molecule has 2 bridgehead atoms. The minimum Gasteiger partial charge on any atom is -0.307 e. The van der Waals surface area contributed by atoms with Gasteiger partial charge in [0, 0.05) is 61.8 Å². The van der Waals surface area contributed by atoms with E-state index in [0.717, 1.165) is 13.1 Å². The normalized spacial score (nSPS) is 22.9. The molecule has 0 radical (unpaired) electrons. The van der Waals surface area contributed by atoms with E-state index in [0.29, 0.717) is 23.9 Å². The van der Waals surface area contributed by atoms with Gasteiger partial charge in [-0.05, 0) is 57.6 Å². The molecule has 2 aromatic heterocycles. The van der Waals surface area contributed by atoms with Crippen molar-refractivity contribution >= 4 is 0 Å². The van der Waals surface area contributed by atoms with Crippen LogP contribution in [0.15, 0.2) is 97.6 Å². The Morgan fingerprint density at radius 1 is 0.500 bits per heavy atom. The molecule has 0 spiro atoms. The average Bonchev–Trinajstić information content (AvgIpc) is 2.87. The van der Waals surface area contributed by atoms with Crippen molar-refractivity contribution in [3.63, 3.8) is 0 Å². The number of nitrogens with one attached hydrogen (secondary N) is 2. The summed E-state index contributed by atoms with van der Waals surface area (Å²) in [4.78, 5) is 8.34. The highest BCUT2D eigenvalue weighted by molar-refractivity contribution is 5.58. The van der Waals surface area contributed by atoms with Gasteiger partial charge in [0.25, 0.3) is 0 Å². The Balaban J connectivity index is 1.40. The second kappa shape index (κ2) is 8.30. The van der Waals surface area contributed by atoms with Crippen LogP contribution in [0.25, 0.3) is 0 Å². The van der Waals surface area contributed by atoms with E-state index in [9.17, 15) is 0 Å². The highest BCUT2D eigenvalue weighted by Gasteiger charge is 2.49. The number of aromatic nitrogens is 2. The lowest BCUT2D eigenvalue weighted by Crippen LogP contribution is -2.59. The molecule has 7 rings (SSSR count). The molecule has 0 aliphatic heterocycles. The molecule has 0 unspecified atom stereocenters. The summed E-state index contributed by atoms with van der Waals surface area (Å²) in [5, 5.41) is 7.87. The minimum absolute atomic E-state index is 0.291. The van der Waals surface area contributed by atoms with E-state index in [1.807, 2.05) is 24.8 Å². The van der Waals surface area contributed by atoms with Crippen molar-refractivity contribution in [1.29, 1.82) is 0 Å². The predicted molar refractivity (Wildman–Crippen MR) is 126 cm³/mol. The molecule has 0 saturated carbocycles. The molecular formula is C28H26N4. The first-order chi connectivity index (χ1) is 15.9. The second-order valence-corrected chi connectivity index (χ2v) is 8.74. The zero-order chi connectivity index (χ0) is 21.3. The van der Waals surface area contributed by atoms with Gasteiger partial charge in [-0.2, -0.15) is 0 Å². The van der Waals surface area contributed by atoms with Crippen LogP contribution >= 0.6 is 0 Å². The largest absolute Gasteiger partial charge is 0.307 e. The third-order valence-electron chi connectivity index (χ3n) is 7.02. The third-order valence-corrected chi connectivity index (χ3v) is 7.02. The first kappa shape index (κ1) is 19.4. The van der Waals surface area contributed by atoms with Crippen LogP contribution in [-0.4, -0.2) is 22.1 Å². The van der Waals surface area contributed by atoms with Crippen LogP contribution in [0.2, 0.25) is 0 Å². The van der Waals surface area contributed by atoms with Crippen molar-refractivity contribution in [2.24, 2.45) is 0 Å². The molecule has 158 valence electrons. The van der Waals surface area contributed by atoms with Gasteiger partial charge in [-0.1, -0.05) is 48.5 Å². The Morgan fingerprint density at radius 3 is 1.19 bits per heavy atom. The van der Waals surface area contributed by atoms with Crippen LogP contribution in [0.5, 0.6) is 0 Å². The van der Waals surface area contributed by atoms with Crippen LogP contribution in [0.1, 0.15) is 45.2 Å². The Bertz CT molecular complexity index is 1070. The summed E-state index contributed by atoms with van der Waals surface area (Å²) in [7, 11) is 0. The van der Waals surface area contributed by atoms with Gasteiger partial charge in [-0.3, -0.25) is 9.97 Å². The van der Waals surface area contributed by atoms with Crippen LogP contribution in [0.4, 0.5) is 0 Å². The van der Waals surface area contributed by atoms with Crippen LogP contribution in [0.3, 0.4) is 0 Å². The molecule has 2 heterocycles. The number of pyridine rings is 2. The Labute approximate surface area is 188 Å². The summed E-state index contributed by atoms with van der Waals surface area (Å²) >= 11 is 0. The summed E-state index contributed by atoms with van der Waals surface area (Å²) in [6.07, 6.45) is 7.48. The molecule has 2 aromatic carbocycles. The van der Waals surface area contributed by atoms with Gasteiger partial charge >= 0.3 is 0 Å². The second-order valence-electron chi connectivity index (χ2n) is 8.74. The molecule has 4 nitrogen and oxygen atoms in total. The van der Waals surface area contributed by atoms with Gasteiger partial charge in [-0.15, -0.1) is 0 Å². The van der Waals surface area contributed by atoms with Crippen LogP contribution < -0.4 is 10.6 Å². The van der Waals surface area contributed by atoms with Crippen molar-refractivity contribution in [2.75, 3.05) is 0 Å². The monoisotopic (exact) mass is 418 g/mol. The lowest BCUT2D eigenvalue weighted by molar-refractivity contribution is 0.276. The van der Waals surface area contributed by atoms with E-state index < -0.39 is 0 Å². The topological polar surface area (TPSA) is 49.8 Å². The number of benzene rings is 2. The minimum atomic E-state index is 0.291. The molecule has 4 heteroatoms. The van der Waals surface area contributed by atoms with Crippen molar-refractivity contribution in [3.8, 4) is 0 Å². The molecule has 3 aliphatic carbocycles. The lowest BCUT2D eigenvalue weighted by Gasteiger charge is -2.51. The summed E-state index contributed by atoms with van der Waals surface area (Å²) in [5.74, 6) is 0.647. The Kier molecular flexibility index (Phi) is 5.02. The summed E-state index contributed by atoms with van der Waals surface area (Å²) < 4.78 is 0. The summed E-state index contributed by atoms with van der Waals surface area (Å²) in [5.41, 5.74) is 8.37. The van der Waals surface area contributed by atoms with Gasteiger partial charge in [0.05, 0.1) is 0 Å². The van der Waals surface area contributed by atoms with E-state index in [2.05, 4.69) is 93.4 Å². The number of fused-ring (bicyclic) bond motifs is 1. The highest BCUT2D eigenvalue weighted by atomic mass is 15.0. The molecular weight excluding hydrogens is 392 g/mol. The first-order valence-corrected chi connectivity index (χ1v) is 11.3. The maximum atomic E-state index is 4.17. The number of hydrogen-bond donors (Lipinski definition) is 2. The van der Waals surface area contributed by atoms with E-state index in [-0.39, 0.29) is 0 Å². The number of nitrogens with zero attached hydrogens (tertiary/aromatic N) is 2. The van der Waals surface area contributed by atoms with E-state index >= 15 is 0 Å². The Hall–Kier alpha value is -3.34. The zero-order valence-electron chi connectivity index (χ0n) is 17.9. The predicted octanol–water partition coefficient (Wildman–Crippen LogP) is 4.38. The molecule has 0 fully saturated rings. The van der Waals surface area contributed by atoms with Crippen molar-refractivity contribution in [3.05, 3.63) is 131 Å². The SMILES string of the molecule is c1ccc2c(c1)C1c3ccccc3C2[C@@H](NCc2ccncc2)[C@@H]1NCc1ccncc1. The van der Waals surface area contributed by atoms with Gasteiger partial charge in [0.1, 0.15) is 0 Å². The van der Waals surface area contributed by atoms with E-state index in [4.69, 9.17) is 0 Å². The maximum absolute atomic E-state index is 4.17. The van der Waals surface area contributed by atoms with E-state index in [1.165, 1.54) is 33.4 Å².